The fraction of sp³-hybridized carbons (Fsp3) is 0.143. The molecule has 0 unspecified atom stereocenters. The Bertz CT molecular complexity index is 203. The van der Waals surface area contributed by atoms with Crippen molar-refractivity contribution < 1.29 is 5.11 Å². The molecule has 3 heteroatoms. The van der Waals surface area contributed by atoms with Gasteiger partial charge in [-0.15, -0.1) is 0 Å². The minimum atomic E-state index is -2.01. The summed E-state index contributed by atoms with van der Waals surface area (Å²) in [6.45, 7) is 0. The van der Waals surface area contributed by atoms with Crippen molar-refractivity contribution in [1.29, 1.82) is 0 Å². The van der Waals surface area contributed by atoms with Gasteiger partial charge in [0, 0.05) is 5.56 Å². The monoisotopic (exact) mass is 175 g/mol. The fourth-order valence-corrected chi connectivity index (χ4v) is 0.884. The van der Waals surface area contributed by atoms with Gasteiger partial charge in [0.1, 0.15) is 0 Å². The van der Waals surface area contributed by atoms with E-state index in [0.717, 1.165) is 0 Å². The number of halogens is 2. The van der Waals surface area contributed by atoms with Gasteiger partial charge in [-0.05, 0) is 0 Å². The van der Waals surface area contributed by atoms with Gasteiger partial charge in [-0.1, -0.05) is 53.5 Å². The molecular formula is C7H5Cl2O. The highest BCUT2D eigenvalue weighted by Crippen LogP contribution is 2.30. The maximum atomic E-state index is 10.8. The van der Waals surface area contributed by atoms with Gasteiger partial charge < -0.3 is 0 Å². The zero-order valence-corrected chi connectivity index (χ0v) is 6.56. The Morgan fingerprint density at radius 3 is 1.90 bits per heavy atom. The van der Waals surface area contributed by atoms with Crippen molar-refractivity contribution in [2.24, 2.45) is 0 Å². The van der Waals surface area contributed by atoms with Crippen LogP contribution in [0.2, 0.25) is 0 Å². The van der Waals surface area contributed by atoms with E-state index in [-0.39, 0.29) is 0 Å². The van der Waals surface area contributed by atoms with Crippen LogP contribution in [0.15, 0.2) is 30.3 Å². The van der Waals surface area contributed by atoms with Crippen LogP contribution in [0, 0.1) is 0 Å². The molecule has 0 heterocycles. The standard InChI is InChI=1S/C7H5Cl2O/c8-7(9,10)6-4-2-1-3-5-6/h1-5H. The maximum absolute atomic E-state index is 10.8. The normalized spacial score (nSPS) is 11.5. The van der Waals surface area contributed by atoms with Gasteiger partial charge >= 0.3 is 0 Å². The van der Waals surface area contributed by atoms with Crippen molar-refractivity contribution in [3.05, 3.63) is 35.9 Å². The van der Waals surface area contributed by atoms with E-state index in [1.807, 2.05) is 0 Å². The Morgan fingerprint density at radius 1 is 1.10 bits per heavy atom. The summed E-state index contributed by atoms with van der Waals surface area (Å²) >= 11 is 10.5. The van der Waals surface area contributed by atoms with E-state index in [2.05, 4.69) is 0 Å². The Kier molecular flexibility index (Phi) is 2.19. The summed E-state index contributed by atoms with van der Waals surface area (Å²) in [7, 11) is 0. The number of benzene rings is 1. The fourth-order valence-electron chi connectivity index (χ4n) is 0.632. The first kappa shape index (κ1) is 7.86. The third-order valence-electron chi connectivity index (χ3n) is 1.11. The van der Waals surface area contributed by atoms with E-state index in [0.29, 0.717) is 5.56 Å². The molecule has 0 aliphatic rings. The maximum Gasteiger partial charge on any atom is 0.275 e. The second-order valence-electron chi connectivity index (χ2n) is 1.88. The van der Waals surface area contributed by atoms with Crippen molar-refractivity contribution in [3.63, 3.8) is 0 Å². The minimum Gasteiger partial charge on any atom is -0.188 e. The van der Waals surface area contributed by atoms with Crippen LogP contribution in [0.4, 0.5) is 0 Å². The molecule has 0 aliphatic carbocycles. The Balaban J connectivity index is 2.97. The first-order chi connectivity index (χ1) is 4.61. The van der Waals surface area contributed by atoms with E-state index >= 15 is 0 Å². The molecule has 1 nitrogen and oxygen atoms in total. The van der Waals surface area contributed by atoms with Crippen LogP contribution in [0.5, 0.6) is 0 Å². The van der Waals surface area contributed by atoms with Gasteiger partial charge in [0.15, 0.2) is 0 Å². The van der Waals surface area contributed by atoms with E-state index < -0.39 is 4.52 Å². The quantitative estimate of drug-likeness (QED) is 0.586. The molecule has 0 N–H and O–H groups in total. The molecule has 1 aromatic rings. The summed E-state index contributed by atoms with van der Waals surface area (Å²) in [5.74, 6) is 0. The van der Waals surface area contributed by atoms with Gasteiger partial charge in [0.25, 0.3) is 4.52 Å². The molecule has 1 aromatic carbocycles. The lowest BCUT2D eigenvalue weighted by Gasteiger charge is -2.07. The third kappa shape index (κ3) is 1.87. The topological polar surface area (TPSA) is 19.9 Å². The van der Waals surface area contributed by atoms with Crippen LogP contribution in [-0.4, -0.2) is 0 Å². The SMILES string of the molecule is [O]C(Cl)(Cl)c1ccccc1. The molecule has 0 saturated heterocycles. The molecule has 0 spiro atoms. The summed E-state index contributed by atoms with van der Waals surface area (Å²) < 4.78 is -2.01. The van der Waals surface area contributed by atoms with Crippen LogP contribution in [-0.2, 0) is 9.63 Å². The second-order valence-corrected chi connectivity index (χ2v) is 3.14. The summed E-state index contributed by atoms with van der Waals surface area (Å²) in [6, 6.07) is 8.41. The highest BCUT2D eigenvalue weighted by Gasteiger charge is 2.23. The molecule has 0 saturated carbocycles. The number of alkyl halides is 2. The summed E-state index contributed by atoms with van der Waals surface area (Å²) in [5, 5.41) is 10.8. The van der Waals surface area contributed by atoms with E-state index in [1.54, 1.807) is 30.3 Å². The second kappa shape index (κ2) is 2.79. The van der Waals surface area contributed by atoms with Crippen LogP contribution >= 0.6 is 23.2 Å². The predicted molar refractivity (Wildman–Crippen MR) is 40.5 cm³/mol. The van der Waals surface area contributed by atoms with Crippen molar-refractivity contribution >= 4 is 23.2 Å². The Hall–Kier alpha value is -0.240. The average molecular weight is 176 g/mol. The highest BCUT2D eigenvalue weighted by atomic mass is 35.5. The summed E-state index contributed by atoms with van der Waals surface area (Å²) in [4.78, 5) is 0. The smallest absolute Gasteiger partial charge is 0.188 e. The Morgan fingerprint density at radius 2 is 1.60 bits per heavy atom. The van der Waals surface area contributed by atoms with Crippen LogP contribution in [0.25, 0.3) is 0 Å². The zero-order chi connectivity index (χ0) is 7.61. The predicted octanol–water partition coefficient (Wildman–Crippen LogP) is 2.71. The Labute approximate surface area is 69.2 Å². The number of hydrogen-bond acceptors (Lipinski definition) is 0. The van der Waals surface area contributed by atoms with Crippen LogP contribution in [0.3, 0.4) is 0 Å². The molecular weight excluding hydrogens is 171 g/mol. The average Bonchev–Trinajstić information content (AvgIpc) is 1.88. The molecule has 1 radical (unpaired) electrons. The van der Waals surface area contributed by atoms with Gasteiger partial charge in [0.2, 0.25) is 0 Å². The van der Waals surface area contributed by atoms with E-state index in [9.17, 15) is 5.11 Å². The van der Waals surface area contributed by atoms with Crippen molar-refractivity contribution in [1.82, 2.24) is 0 Å². The molecule has 0 atom stereocenters. The largest absolute Gasteiger partial charge is 0.275 e. The molecule has 0 aliphatic heterocycles. The molecule has 0 amide bonds. The summed E-state index contributed by atoms with van der Waals surface area (Å²) in [5.41, 5.74) is 0.373. The molecule has 1 rings (SSSR count). The first-order valence-electron chi connectivity index (χ1n) is 2.74. The van der Waals surface area contributed by atoms with E-state index in [1.165, 1.54) is 0 Å². The van der Waals surface area contributed by atoms with Gasteiger partial charge in [-0.3, -0.25) is 0 Å². The minimum absolute atomic E-state index is 0.373. The van der Waals surface area contributed by atoms with Crippen molar-refractivity contribution in [2.45, 2.75) is 4.52 Å². The highest BCUT2D eigenvalue weighted by molar-refractivity contribution is 6.46. The molecule has 53 valence electrons. The number of rotatable bonds is 1. The first-order valence-corrected chi connectivity index (χ1v) is 3.50. The zero-order valence-electron chi connectivity index (χ0n) is 5.05. The molecule has 0 aromatic heterocycles. The van der Waals surface area contributed by atoms with Crippen LogP contribution < -0.4 is 0 Å². The molecule has 0 fully saturated rings. The molecule has 10 heavy (non-hydrogen) atoms. The number of hydrogen-bond donors (Lipinski definition) is 0. The van der Waals surface area contributed by atoms with Gasteiger partial charge in [-0.25, -0.2) is 0 Å². The lowest BCUT2D eigenvalue weighted by molar-refractivity contribution is 0.121. The van der Waals surface area contributed by atoms with Gasteiger partial charge in [-0.2, -0.15) is 5.11 Å². The van der Waals surface area contributed by atoms with E-state index in [4.69, 9.17) is 23.2 Å². The van der Waals surface area contributed by atoms with Crippen molar-refractivity contribution in [2.75, 3.05) is 0 Å². The third-order valence-corrected chi connectivity index (χ3v) is 1.55. The molecule has 0 bridgehead atoms. The van der Waals surface area contributed by atoms with Gasteiger partial charge in [0.05, 0.1) is 0 Å². The van der Waals surface area contributed by atoms with Crippen molar-refractivity contribution in [3.8, 4) is 0 Å². The lowest BCUT2D eigenvalue weighted by atomic mass is 10.2. The summed E-state index contributed by atoms with van der Waals surface area (Å²) in [6.07, 6.45) is 0. The lowest BCUT2D eigenvalue weighted by Crippen LogP contribution is -2.04. The van der Waals surface area contributed by atoms with Crippen LogP contribution in [0.1, 0.15) is 5.56 Å².